The Balaban J connectivity index is 2.25. The zero-order chi connectivity index (χ0) is 7.68. The van der Waals surface area contributed by atoms with Crippen molar-refractivity contribution in [1.82, 2.24) is 0 Å². The second-order valence-corrected chi connectivity index (χ2v) is 3.42. The lowest BCUT2D eigenvalue weighted by Crippen LogP contribution is -2.12. The third kappa shape index (κ3) is 1.38. The van der Waals surface area contributed by atoms with Crippen LogP contribution in [0.4, 0.5) is 0 Å². The van der Waals surface area contributed by atoms with E-state index in [-0.39, 0.29) is 6.10 Å². The molecule has 1 unspecified atom stereocenters. The summed E-state index contributed by atoms with van der Waals surface area (Å²) in [5, 5.41) is 9.34. The van der Waals surface area contributed by atoms with Gasteiger partial charge in [-0.25, -0.2) is 0 Å². The average Bonchev–Trinajstić information content (AvgIpc) is 2.04. The molecular weight excluding hydrogens is 136 g/mol. The van der Waals surface area contributed by atoms with E-state index in [1.54, 1.807) is 0 Å². The van der Waals surface area contributed by atoms with Gasteiger partial charge in [0.15, 0.2) is 0 Å². The van der Waals surface area contributed by atoms with Gasteiger partial charge in [-0.3, -0.25) is 0 Å². The summed E-state index contributed by atoms with van der Waals surface area (Å²) >= 11 is 0. The van der Waals surface area contributed by atoms with Crippen LogP contribution in [0, 0.1) is 0 Å². The summed E-state index contributed by atoms with van der Waals surface area (Å²) in [6.45, 7) is 0. The molecule has 0 saturated heterocycles. The van der Waals surface area contributed by atoms with Gasteiger partial charge in [-0.1, -0.05) is 12.2 Å². The number of fused-ring (bicyclic) bond motifs is 1. The molecule has 0 spiro atoms. The Kier molecular flexibility index (Phi) is 1.82. The molecule has 0 aromatic rings. The highest BCUT2D eigenvalue weighted by molar-refractivity contribution is 5.36. The summed E-state index contributed by atoms with van der Waals surface area (Å²) in [4.78, 5) is 0. The molecule has 0 aromatic carbocycles. The van der Waals surface area contributed by atoms with Gasteiger partial charge in [-0.15, -0.1) is 0 Å². The second kappa shape index (κ2) is 2.82. The maximum atomic E-state index is 9.34. The molecule has 1 N–H and O–H groups in total. The van der Waals surface area contributed by atoms with Gasteiger partial charge in [0, 0.05) is 0 Å². The van der Waals surface area contributed by atoms with Crippen LogP contribution < -0.4 is 0 Å². The molecule has 0 amide bonds. The minimum atomic E-state index is -0.166. The average molecular weight is 150 g/mol. The molecule has 2 aliphatic carbocycles. The van der Waals surface area contributed by atoms with Crippen molar-refractivity contribution in [3.05, 3.63) is 23.3 Å². The maximum Gasteiger partial charge on any atom is 0.0729 e. The minimum absolute atomic E-state index is 0.166. The smallest absolute Gasteiger partial charge is 0.0729 e. The summed E-state index contributed by atoms with van der Waals surface area (Å²) in [6, 6.07) is 0. The quantitative estimate of drug-likeness (QED) is 0.561. The SMILES string of the molecule is OC1C=C2CCCC=C2CC1. The fraction of sp³-hybridized carbons (Fsp3) is 0.600. The van der Waals surface area contributed by atoms with Gasteiger partial charge in [0.2, 0.25) is 0 Å². The molecule has 2 aliphatic rings. The Bertz CT molecular complexity index is 213. The van der Waals surface area contributed by atoms with Gasteiger partial charge in [0.05, 0.1) is 6.10 Å². The van der Waals surface area contributed by atoms with E-state index < -0.39 is 0 Å². The van der Waals surface area contributed by atoms with Gasteiger partial charge in [0.25, 0.3) is 0 Å². The molecule has 0 heterocycles. The van der Waals surface area contributed by atoms with Crippen LogP contribution in [0.3, 0.4) is 0 Å². The molecular formula is C10H14O. The van der Waals surface area contributed by atoms with E-state index in [9.17, 15) is 5.11 Å². The predicted octanol–water partition coefficient (Wildman–Crippen LogP) is 2.18. The summed E-state index contributed by atoms with van der Waals surface area (Å²) in [5.41, 5.74) is 2.91. The highest BCUT2D eigenvalue weighted by Gasteiger charge is 2.17. The predicted molar refractivity (Wildman–Crippen MR) is 45.3 cm³/mol. The Morgan fingerprint density at radius 3 is 3.09 bits per heavy atom. The molecule has 0 aromatic heterocycles. The van der Waals surface area contributed by atoms with Gasteiger partial charge < -0.3 is 5.11 Å². The van der Waals surface area contributed by atoms with E-state index in [4.69, 9.17) is 0 Å². The van der Waals surface area contributed by atoms with E-state index in [1.807, 2.05) is 6.08 Å². The van der Waals surface area contributed by atoms with Crippen molar-refractivity contribution < 1.29 is 5.11 Å². The lowest BCUT2D eigenvalue weighted by molar-refractivity contribution is 0.207. The number of hydrogen-bond donors (Lipinski definition) is 1. The fourth-order valence-electron chi connectivity index (χ4n) is 1.93. The van der Waals surface area contributed by atoms with E-state index >= 15 is 0 Å². The zero-order valence-corrected chi connectivity index (χ0v) is 6.71. The molecule has 2 rings (SSSR count). The highest BCUT2D eigenvalue weighted by atomic mass is 16.3. The first-order chi connectivity index (χ1) is 5.36. The first-order valence-corrected chi connectivity index (χ1v) is 4.44. The van der Waals surface area contributed by atoms with Crippen LogP contribution in [0.15, 0.2) is 23.3 Å². The van der Waals surface area contributed by atoms with Crippen LogP contribution in [0.2, 0.25) is 0 Å². The molecule has 0 bridgehead atoms. The van der Waals surface area contributed by atoms with Gasteiger partial charge in [0.1, 0.15) is 0 Å². The molecule has 11 heavy (non-hydrogen) atoms. The minimum Gasteiger partial charge on any atom is -0.389 e. The van der Waals surface area contributed by atoms with E-state index in [2.05, 4.69) is 6.08 Å². The first-order valence-electron chi connectivity index (χ1n) is 4.44. The zero-order valence-electron chi connectivity index (χ0n) is 6.71. The number of aliphatic hydroxyl groups excluding tert-OH is 1. The lowest BCUT2D eigenvalue weighted by Gasteiger charge is -2.23. The van der Waals surface area contributed by atoms with E-state index in [0.29, 0.717) is 0 Å². The lowest BCUT2D eigenvalue weighted by atomic mass is 9.85. The van der Waals surface area contributed by atoms with Gasteiger partial charge in [-0.2, -0.15) is 0 Å². The molecule has 0 fully saturated rings. The first kappa shape index (κ1) is 7.11. The van der Waals surface area contributed by atoms with Crippen LogP contribution >= 0.6 is 0 Å². The van der Waals surface area contributed by atoms with Crippen LogP contribution in [0.1, 0.15) is 32.1 Å². The Morgan fingerprint density at radius 2 is 2.18 bits per heavy atom. The maximum absolute atomic E-state index is 9.34. The molecule has 0 aliphatic heterocycles. The molecule has 1 nitrogen and oxygen atoms in total. The van der Waals surface area contributed by atoms with Crippen molar-refractivity contribution in [1.29, 1.82) is 0 Å². The van der Waals surface area contributed by atoms with Crippen molar-refractivity contribution in [3.63, 3.8) is 0 Å². The van der Waals surface area contributed by atoms with Crippen molar-refractivity contribution in [2.75, 3.05) is 0 Å². The Morgan fingerprint density at radius 1 is 1.27 bits per heavy atom. The fourth-order valence-corrected chi connectivity index (χ4v) is 1.93. The molecule has 1 atom stereocenters. The van der Waals surface area contributed by atoms with Crippen molar-refractivity contribution >= 4 is 0 Å². The summed E-state index contributed by atoms with van der Waals surface area (Å²) < 4.78 is 0. The monoisotopic (exact) mass is 150 g/mol. The summed E-state index contributed by atoms with van der Waals surface area (Å²) in [5.74, 6) is 0. The van der Waals surface area contributed by atoms with Crippen molar-refractivity contribution in [2.45, 2.75) is 38.2 Å². The van der Waals surface area contributed by atoms with Crippen molar-refractivity contribution in [3.8, 4) is 0 Å². The number of rotatable bonds is 0. The van der Waals surface area contributed by atoms with Crippen LogP contribution in [-0.2, 0) is 0 Å². The normalized spacial score (nSPS) is 30.5. The third-order valence-corrected chi connectivity index (χ3v) is 2.56. The van der Waals surface area contributed by atoms with E-state index in [0.717, 1.165) is 12.8 Å². The van der Waals surface area contributed by atoms with E-state index in [1.165, 1.54) is 30.4 Å². The highest BCUT2D eigenvalue weighted by Crippen LogP contribution is 2.31. The molecule has 1 heteroatoms. The molecule has 0 saturated carbocycles. The second-order valence-electron chi connectivity index (χ2n) is 3.42. The number of aliphatic hydroxyl groups is 1. The largest absolute Gasteiger partial charge is 0.389 e. The molecule has 0 radical (unpaired) electrons. The van der Waals surface area contributed by atoms with Gasteiger partial charge >= 0.3 is 0 Å². The topological polar surface area (TPSA) is 20.2 Å². The van der Waals surface area contributed by atoms with Crippen LogP contribution in [0.25, 0.3) is 0 Å². The molecule has 60 valence electrons. The van der Waals surface area contributed by atoms with Crippen LogP contribution in [-0.4, -0.2) is 11.2 Å². The van der Waals surface area contributed by atoms with Gasteiger partial charge in [-0.05, 0) is 43.3 Å². The summed E-state index contributed by atoms with van der Waals surface area (Å²) in [6.07, 6.45) is 9.91. The summed E-state index contributed by atoms with van der Waals surface area (Å²) in [7, 11) is 0. The Labute approximate surface area is 67.4 Å². The number of allylic oxidation sites excluding steroid dienone is 3. The van der Waals surface area contributed by atoms with Crippen LogP contribution in [0.5, 0.6) is 0 Å². The Hall–Kier alpha value is -0.560. The number of hydrogen-bond acceptors (Lipinski definition) is 1. The third-order valence-electron chi connectivity index (χ3n) is 2.56. The van der Waals surface area contributed by atoms with Crippen molar-refractivity contribution in [2.24, 2.45) is 0 Å². The standard InChI is InChI=1S/C10H14O/c11-10-6-5-8-3-1-2-4-9(8)7-10/h3,7,10-11H,1-2,4-6H2.